The number of hydrogen-bond donors (Lipinski definition) is 0. The largest absolute Gasteiger partial charge is 0.361 e. The van der Waals surface area contributed by atoms with Gasteiger partial charge in [-0.2, -0.15) is 0 Å². The predicted octanol–water partition coefficient (Wildman–Crippen LogP) is 6.92. The minimum absolute atomic E-state index is 0.448. The molecule has 3 heterocycles. The van der Waals surface area contributed by atoms with Crippen molar-refractivity contribution in [2.45, 2.75) is 51.8 Å². The molecule has 0 amide bonds. The highest BCUT2D eigenvalue weighted by Gasteiger charge is 2.18. The van der Waals surface area contributed by atoms with Crippen molar-refractivity contribution in [1.82, 2.24) is 14.5 Å². The third-order valence-corrected chi connectivity index (χ3v) is 8.38. The summed E-state index contributed by atoms with van der Waals surface area (Å²) in [7, 11) is -1.14. The Balaban J connectivity index is 1.61. The van der Waals surface area contributed by atoms with Crippen LogP contribution in [0.4, 0.5) is 0 Å². The van der Waals surface area contributed by atoms with Gasteiger partial charge in [0.05, 0.1) is 15.7 Å². The average molecular weight is 477 g/mol. The predicted molar refractivity (Wildman–Crippen MR) is 134 cm³/mol. The van der Waals surface area contributed by atoms with Crippen LogP contribution in [0.2, 0.25) is 35.7 Å². The van der Waals surface area contributed by atoms with E-state index < -0.39 is 8.07 Å². The third kappa shape index (κ3) is 5.52. The number of likely N-dealkylation sites (tertiary alicyclic amines) is 1. The van der Waals surface area contributed by atoms with Crippen molar-refractivity contribution in [2.24, 2.45) is 0 Å². The van der Waals surface area contributed by atoms with Crippen LogP contribution in [0.1, 0.15) is 18.4 Å². The van der Waals surface area contributed by atoms with Gasteiger partial charge in [-0.1, -0.05) is 67.1 Å². The Morgan fingerprint density at radius 3 is 2.45 bits per heavy atom. The number of halogens is 2. The summed E-state index contributed by atoms with van der Waals surface area (Å²) >= 11 is 12.8. The summed E-state index contributed by atoms with van der Waals surface area (Å²) < 4.78 is 8.19. The minimum Gasteiger partial charge on any atom is -0.361 e. The first-order valence-electron chi connectivity index (χ1n) is 11.0. The van der Waals surface area contributed by atoms with Crippen LogP contribution in [0.5, 0.6) is 0 Å². The molecule has 4 rings (SSSR count). The van der Waals surface area contributed by atoms with Gasteiger partial charge in [0, 0.05) is 32.8 Å². The highest BCUT2D eigenvalue weighted by Crippen LogP contribution is 2.35. The number of ether oxygens (including phenoxy) is 1. The van der Waals surface area contributed by atoms with Crippen LogP contribution in [0, 0.1) is 0 Å². The molecule has 4 nitrogen and oxygen atoms in total. The van der Waals surface area contributed by atoms with Crippen molar-refractivity contribution < 1.29 is 4.74 Å². The normalized spacial score (nSPS) is 15.3. The molecule has 1 aliphatic heterocycles. The SMILES string of the molecule is C[Si](C)(C)CCOCn1c(-c2ccc(CN3CCCC3)cc2)cc2c(Cl)c(Cl)cnc21. The van der Waals surface area contributed by atoms with E-state index in [0.717, 1.165) is 41.5 Å². The van der Waals surface area contributed by atoms with Gasteiger partial charge in [-0.15, -0.1) is 0 Å². The molecule has 166 valence electrons. The van der Waals surface area contributed by atoms with Gasteiger partial charge in [-0.25, -0.2) is 4.98 Å². The highest BCUT2D eigenvalue weighted by molar-refractivity contribution is 6.76. The second-order valence-electron chi connectivity index (χ2n) is 9.64. The molecule has 3 aromatic rings. The summed E-state index contributed by atoms with van der Waals surface area (Å²) in [5.74, 6) is 0. The van der Waals surface area contributed by atoms with E-state index in [4.69, 9.17) is 27.9 Å². The van der Waals surface area contributed by atoms with E-state index in [0.29, 0.717) is 16.8 Å². The van der Waals surface area contributed by atoms with E-state index in [1.165, 1.54) is 31.5 Å². The van der Waals surface area contributed by atoms with E-state index in [2.05, 4.69) is 64.4 Å². The van der Waals surface area contributed by atoms with Crippen LogP contribution >= 0.6 is 23.2 Å². The third-order valence-electron chi connectivity index (χ3n) is 5.89. The molecule has 7 heteroatoms. The van der Waals surface area contributed by atoms with Crippen molar-refractivity contribution in [3.63, 3.8) is 0 Å². The molecule has 0 radical (unpaired) electrons. The standard InChI is InChI=1S/C24H31Cl2N3OSi/c1-31(2,3)13-12-30-17-29-22(14-20-23(26)21(25)15-27-24(20)29)19-8-6-18(7-9-19)16-28-10-4-5-11-28/h6-9,14-15H,4-5,10-13,16-17H2,1-3H3. The van der Waals surface area contributed by atoms with Gasteiger partial charge < -0.3 is 9.30 Å². The van der Waals surface area contributed by atoms with Crippen LogP contribution in [0.3, 0.4) is 0 Å². The fourth-order valence-electron chi connectivity index (χ4n) is 4.03. The van der Waals surface area contributed by atoms with Gasteiger partial charge in [0.15, 0.2) is 0 Å². The smallest absolute Gasteiger partial charge is 0.143 e. The van der Waals surface area contributed by atoms with Crippen LogP contribution < -0.4 is 0 Å². The second-order valence-corrected chi connectivity index (χ2v) is 16.0. The molecular formula is C24H31Cl2N3OSi. The number of pyridine rings is 1. The molecule has 1 saturated heterocycles. The van der Waals surface area contributed by atoms with Crippen molar-refractivity contribution >= 4 is 42.3 Å². The number of fused-ring (bicyclic) bond motifs is 1. The Morgan fingerprint density at radius 1 is 1.06 bits per heavy atom. The monoisotopic (exact) mass is 475 g/mol. The molecule has 2 aromatic heterocycles. The van der Waals surface area contributed by atoms with E-state index in [1.54, 1.807) is 6.20 Å². The van der Waals surface area contributed by atoms with Crippen LogP contribution in [0.25, 0.3) is 22.3 Å². The van der Waals surface area contributed by atoms with Crippen molar-refractivity contribution in [3.05, 3.63) is 52.1 Å². The Hall–Kier alpha value is -1.37. The molecule has 0 bridgehead atoms. The Morgan fingerprint density at radius 2 is 1.77 bits per heavy atom. The number of nitrogens with zero attached hydrogens (tertiary/aromatic N) is 3. The molecule has 0 saturated carbocycles. The molecule has 1 aliphatic rings. The lowest BCUT2D eigenvalue weighted by Crippen LogP contribution is -2.22. The number of aromatic nitrogens is 2. The zero-order valence-corrected chi connectivity index (χ0v) is 21.1. The molecule has 1 fully saturated rings. The Kier molecular flexibility index (Phi) is 7.09. The molecule has 0 atom stereocenters. The molecular weight excluding hydrogens is 445 g/mol. The quantitative estimate of drug-likeness (QED) is 0.261. The van der Waals surface area contributed by atoms with Crippen molar-refractivity contribution in [2.75, 3.05) is 19.7 Å². The van der Waals surface area contributed by atoms with E-state index >= 15 is 0 Å². The minimum atomic E-state index is -1.14. The van der Waals surface area contributed by atoms with Crippen LogP contribution in [-0.4, -0.2) is 42.2 Å². The van der Waals surface area contributed by atoms with Gasteiger partial charge in [0.25, 0.3) is 0 Å². The zero-order chi connectivity index (χ0) is 22.0. The number of benzene rings is 1. The molecule has 31 heavy (non-hydrogen) atoms. The summed E-state index contributed by atoms with van der Waals surface area (Å²) in [5.41, 5.74) is 4.33. The van der Waals surface area contributed by atoms with E-state index in [9.17, 15) is 0 Å². The summed E-state index contributed by atoms with van der Waals surface area (Å²) in [5, 5.41) is 1.87. The van der Waals surface area contributed by atoms with Crippen LogP contribution in [0.15, 0.2) is 36.5 Å². The van der Waals surface area contributed by atoms with Gasteiger partial charge >= 0.3 is 0 Å². The topological polar surface area (TPSA) is 30.3 Å². The first-order chi connectivity index (χ1) is 14.8. The lowest BCUT2D eigenvalue weighted by molar-refractivity contribution is 0.0909. The van der Waals surface area contributed by atoms with Gasteiger partial charge in [-0.05, 0) is 49.2 Å². The molecule has 0 spiro atoms. The summed E-state index contributed by atoms with van der Waals surface area (Å²) in [6.45, 7) is 11.7. The van der Waals surface area contributed by atoms with E-state index in [-0.39, 0.29) is 0 Å². The zero-order valence-electron chi connectivity index (χ0n) is 18.6. The summed E-state index contributed by atoms with van der Waals surface area (Å²) in [6, 6.07) is 12.0. The fourth-order valence-corrected chi connectivity index (χ4v) is 5.12. The number of hydrogen-bond acceptors (Lipinski definition) is 3. The molecule has 0 aliphatic carbocycles. The maximum Gasteiger partial charge on any atom is 0.143 e. The molecule has 0 N–H and O–H groups in total. The average Bonchev–Trinajstić information content (AvgIpc) is 3.36. The van der Waals surface area contributed by atoms with Crippen LogP contribution in [-0.2, 0) is 18.0 Å². The first kappa shape index (κ1) is 22.8. The lowest BCUT2D eigenvalue weighted by atomic mass is 10.1. The van der Waals surface area contributed by atoms with Crippen molar-refractivity contribution in [3.8, 4) is 11.3 Å². The van der Waals surface area contributed by atoms with Gasteiger partial charge in [-0.3, -0.25) is 4.90 Å². The maximum atomic E-state index is 6.51. The molecule has 1 aromatic carbocycles. The maximum absolute atomic E-state index is 6.51. The Bertz CT molecular complexity index is 1040. The second kappa shape index (κ2) is 9.63. The molecule has 0 unspecified atom stereocenters. The summed E-state index contributed by atoms with van der Waals surface area (Å²) in [4.78, 5) is 7.09. The first-order valence-corrected chi connectivity index (χ1v) is 15.5. The van der Waals surface area contributed by atoms with Crippen molar-refractivity contribution in [1.29, 1.82) is 0 Å². The van der Waals surface area contributed by atoms with Gasteiger partial charge in [0.1, 0.15) is 12.4 Å². The Labute approximate surface area is 196 Å². The fraction of sp³-hybridized carbons (Fsp3) is 0.458. The number of rotatable bonds is 8. The summed E-state index contributed by atoms with van der Waals surface area (Å²) in [6.07, 6.45) is 4.24. The van der Waals surface area contributed by atoms with Gasteiger partial charge in [0.2, 0.25) is 0 Å². The highest BCUT2D eigenvalue weighted by atomic mass is 35.5. The van der Waals surface area contributed by atoms with E-state index in [1.807, 2.05) is 0 Å². The lowest BCUT2D eigenvalue weighted by Gasteiger charge is -2.17.